The summed E-state index contributed by atoms with van der Waals surface area (Å²) in [5.74, 6) is -7.74. The molecule has 4 nitrogen and oxygen atoms in total. The third kappa shape index (κ3) is 2.20. The van der Waals surface area contributed by atoms with Gasteiger partial charge in [0.1, 0.15) is 5.69 Å². The lowest BCUT2D eigenvalue weighted by atomic mass is 10.2. The average molecular weight is 272 g/mol. The van der Waals surface area contributed by atoms with Gasteiger partial charge < -0.3 is 4.90 Å². The summed E-state index contributed by atoms with van der Waals surface area (Å²) in [6.07, 6.45) is 0. The van der Waals surface area contributed by atoms with Gasteiger partial charge in [-0.2, -0.15) is 0 Å². The number of rotatable bonds is 2. The third-order valence-electron chi connectivity index (χ3n) is 1.93. The Morgan fingerprint density at radius 1 is 0.941 bits per heavy atom. The fourth-order valence-electron chi connectivity index (χ4n) is 1.24. The Hall–Kier alpha value is -1.35. The van der Waals surface area contributed by atoms with E-state index in [0.29, 0.717) is 0 Å². The molecule has 0 saturated heterocycles. The zero-order valence-corrected chi connectivity index (χ0v) is 9.58. The van der Waals surface area contributed by atoms with Gasteiger partial charge in [0.05, 0.1) is 0 Å². The van der Waals surface area contributed by atoms with Crippen LogP contribution in [0.3, 0.4) is 0 Å². The molecule has 0 aliphatic heterocycles. The number of benzene rings is 1. The summed E-state index contributed by atoms with van der Waals surface area (Å²) < 4.78 is 74.9. The van der Waals surface area contributed by atoms with E-state index in [-0.39, 0.29) is 0 Å². The smallest absolute Gasteiger partial charge is 0.244 e. The molecule has 0 aromatic heterocycles. The molecule has 0 bridgehead atoms. The number of nitrogens with zero attached hydrogens (tertiary/aromatic N) is 1. The van der Waals surface area contributed by atoms with Crippen molar-refractivity contribution in [2.75, 3.05) is 19.0 Å². The highest BCUT2D eigenvalue weighted by atomic mass is 32.2. The van der Waals surface area contributed by atoms with Crippen LogP contribution in [-0.4, -0.2) is 22.5 Å². The molecular formula is C8H8F4N2O2S. The topological polar surface area (TPSA) is 63.4 Å². The zero-order valence-electron chi connectivity index (χ0n) is 8.76. The van der Waals surface area contributed by atoms with Crippen LogP contribution in [0.1, 0.15) is 0 Å². The molecule has 0 fully saturated rings. The maximum absolute atomic E-state index is 13.3. The summed E-state index contributed by atoms with van der Waals surface area (Å²) in [5, 5.41) is 4.47. The Morgan fingerprint density at radius 3 is 1.53 bits per heavy atom. The van der Waals surface area contributed by atoms with E-state index in [1.54, 1.807) is 0 Å². The van der Waals surface area contributed by atoms with Crippen LogP contribution in [0.2, 0.25) is 0 Å². The summed E-state index contributed by atoms with van der Waals surface area (Å²) in [7, 11) is -2.63. The lowest BCUT2D eigenvalue weighted by molar-refractivity contribution is 0.420. The lowest BCUT2D eigenvalue weighted by Crippen LogP contribution is -2.22. The monoisotopic (exact) mass is 272 g/mol. The van der Waals surface area contributed by atoms with Gasteiger partial charge in [-0.25, -0.2) is 31.1 Å². The highest BCUT2D eigenvalue weighted by molar-refractivity contribution is 7.89. The Bertz CT molecular complexity index is 542. The second kappa shape index (κ2) is 4.15. The Labute approximate surface area is 94.7 Å². The van der Waals surface area contributed by atoms with Gasteiger partial charge in [-0.15, -0.1) is 0 Å². The van der Waals surface area contributed by atoms with Crippen LogP contribution in [0, 0.1) is 23.3 Å². The van der Waals surface area contributed by atoms with Crippen LogP contribution in [-0.2, 0) is 10.0 Å². The number of primary sulfonamides is 1. The van der Waals surface area contributed by atoms with E-state index in [9.17, 15) is 26.0 Å². The molecule has 0 saturated carbocycles. The summed E-state index contributed by atoms with van der Waals surface area (Å²) in [5.41, 5.74) is -1.02. The molecule has 0 unspecified atom stereocenters. The predicted octanol–water partition coefficient (Wildman–Crippen LogP) is 0.956. The van der Waals surface area contributed by atoms with Crippen LogP contribution in [0.5, 0.6) is 0 Å². The van der Waals surface area contributed by atoms with Crippen molar-refractivity contribution in [1.82, 2.24) is 0 Å². The first-order valence-electron chi connectivity index (χ1n) is 4.15. The van der Waals surface area contributed by atoms with Gasteiger partial charge in [0, 0.05) is 14.1 Å². The second-order valence-electron chi connectivity index (χ2n) is 3.37. The van der Waals surface area contributed by atoms with Gasteiger partial charge in [-0.3, -0.25) is 0 Å². The molecule has 1 aromatic rings. The number of hydrogen-bond donors (Lipinski definition) is 1. The molecule has 0 heterocycles. The molecule has 1 aromatic carbocycles. The molecule has 0 aliphatic carbocycles. The predicted molar refractivity (Wildman–Crippen MR) is 52.0 cm³/mol. The van der Waals surface area contributed by atoms with Crippen LogP contribution in [0.25, 0.3) is 0 Å². The van der Waals surface area contributed by atoms with Crippen molar-refractivity contribution in [3.05, 3.63) is 23.3 Å². The summed E-state index contributed by atoms with van der Waals surface area (Å²) in [4.78, 5) is -1.05. The minimum absolute atomic E-state index is 0.768. The summed E-state index contributed by atoms with van der Waals surface area (Å²) in [6.45, 7) is 0. The van der Waals surface area contributed by atoms with Crippen molar-refractivity contribution in [1.29, 1.82) is 0 Å². The van der Waals surface area contributed by atoms with E-state index in [2.05, 4.69) is 5.14 Å². The minimum atomic E-state index is -4.90. The van der Waals surface area contributed by atoms with Crippen LogP contribution in [0.15, 0.2) is 4.90 Å². The average Bonchev–Trinajstić information content (AvgIpc) is 2.12. The quantitative estimate of drug-likeness (QED) is 0.644. The molecule has 0 spiro atoms. The van der Waals surface area contributed by atoms with Gasteiger partial charge in [-0.1, -0.05) is 0 Å². The van der Waals surface area contributed by atoms with Crippen LogP contribution in [0.4, 0.5) is 23.2 Å². The molecule has 9 heteroatoms. The molecule has 0 radical (unpaired) electrons. The normalized spacial score (nSPS) is 11.7. The molecule has 96 valence electrons. The van der Waals surface area contributed by atoms with Crippen molar-refractivity contribution < 1.29 is 26.0 Å². The van der Waals surface area contributed by atoms with E-state index in [1.165, 1.54) is 0 Å². The Morgan fingerprint density at radius 2 is 1.29 bits per heavy atom. The van der Waals surface area contributed by atoms with E-state index in [1.807, 2.05) is 0 Å². The summed E-state index contributed by atoms with van der Waals surface area (Å²) >= 11 is 0. The van der Waals surface area contributed by atoms with Crippen molar-refractivity contribution in [3.8, 4) is 0 Å². The van der Waals surface area contributed by atoms with Crippen molar-refractivity contribution in [3.63, 3.8) is 0 Å². The van der Waals surface area contributed by atoms with Gasteiger partial charge in [0.2, 0.25) is 10.0 Å². The van der Waals surface area contributed by atoms with Crippen LogP contribution >= 0.6 is 0 Å². The third-order valence-corrected chi connectivity index (χ3v) is 2.86. The van der Waals surface area contributed by atoms with Gasteiger partial charge in [0.25, 0.3) is 0 Å². The Balaban J connectivity index is 3.84. The molecule has 0 atom stereocenters. The Kier molecular flexibility index (Phi) is 3.35. The van der Waals surface area contributed by atoms with E-state index in [4.69, 9.17) is 0 Å². The maximum atomic E-state index is 13.3. The largest absolute Gasteiger partial charge is 0.373 e. The van der Waals surface area contributed by atoms with Crippen molar-refractivity contribution in [2.24, 2.45) is 5.14 Å². The van der Waals surface area contributed by atoms with Crippen molar-refractivity contribution >= 4 is 15.7 Å². The highest BCUT2D eigenvalue weighted by Crippen LogP contribution is 2.31. The maximum Gasteiger partial charge on any atom is 0.244 e. The molecule has 0 amide bonds. The fraction of sp³-hybridized carbons (Fsp3) is 0.250. The first kappa shape index (κ1) is 13.7. The zero-order chi connectivity index (χ0) is 13.5. The molecule has 0 aliphatic rings. The standard InChI is InChI=1S/C8H8F4N2O2S/c1-14(2)7-3(9)5(11)8(17(13,15)16)6(12)4(7)10/h1-2H3,(H2,13,15,16). The van der Waals surface area contributed by atoms with E-state index >= 15 is 0 Å². The molecular weight excluding hydrogens is 264 g/mol. The first-order valence-corrected chi connectivity index (χ1v) is 5.69. The lowest BCUT2D eigenvalue weighted by Gasteiger charge is -2.16. The van der Waals surface area contributed by atoms with Gasteiger partial charge in [0.15, 0.2) is 28.2 Å². The molecule has 1 rings (SSSR count). The number of nitrogens with two attached hydrogens (primary N) is 1. The number of halogens is 4. The number of anilines is 1. The fourth-order valence-corrected chi connectivity index (χ4v) is 1.92. The van der Waals surface area contributed by atoms with E-state index < -0.39 is 43.9 Å². The van der Waals surface area contributed by atoms with Gasteiger partial charge in [-0.05, 0) is 0 Å². The number of sulfonamides is 1. The molecule has 2 N–H and O–H groups in total. The molecule has 17 heavy (non-hydrogen) atoms. The van der Waals surface area contributed by atoms with Crippen molar-refractivity contribution in [2.45, 2.75) is 4.90 Å². The summed E-state index contributed by atoms with van der Waals surface area (Å²) in [6, 6.07) is 0. The SMILES string of the molecule is CN(C)c1c(F)c(F)c(S(N)(=O)=O)c(F)c1F. The number of hydrogen-bond acceptors (Lipinski definition) is 3. The van der Waals surface area contributed by atoms with Gasteiger partial charge >= 0.3 is 0 Å². The first-order chi connectivity index (χ1) is 7.59. The second-order valence-corrected chi connectivity index (χ2v) is 4.87. The van der Waals surface area contributed by atoms with E-state index in [0.717, 1.165) is 19.0 Å². The van der Waals surface area contributed by atoms with Crippen LogP contribution < -0.4 is 10.0 Å². The minimum Gasteiger partial charge on any atom is -0.373 e. The highest BCUT2D eigenvalue weighted by Gasteiger charge is 2.31.